The van der Waals surface area contributed by atoms with Crippen molar-refractivity contribution in [1.29, 1.82) is 0 Å². The molecule has 4 N–H and O–H groups in total. The summed E-state index contributed by atoms with van der Waals surface area (Å²) in [6.45, 7) is 0.509. The molecule has 0 aliphatic carbocycles. The van der Waals surface area contributed by atoms with Gasteiger partial charge in [0.25, 0.3) is 0 Å². The van der Waals surface area contributed by atoms with E-state index in [2.05, 4.69) is 10.0 Å². The first-order valence-electron chi connectivity index (χ1n) is 6.21. The van der Waals surface area contributed by atoms with Crippen molar-refractivity contribution in [3.05, 3.63) is 29.6 Å². The minimum Gasteiger partial charge on any atom is -0.389 e. The van der Waals surface area contributed by atoms with Crippen LogP contribution in [-0.2, 0) is 14.8 Å². The average molecular weight is 331 g/mol. The first kappa shape index (κ1) is 15.8. The third kappa shape index (κ3) is 3.36. The normalized spacial score (nSPS) is 19.1. The lowest BCUT2D eigenvalue weighted by molar-refractivity contribution is -0.124. The van der Waals surface area contributed by atoms with E-state index in [0.717, 1.165) is 6.07 Å². The molecule has 1 aromatic rings. The van der Waals surface area contributed by atoms with Crippen LogP contribution in [-0.4, -0.2) is 31.9 Å². The van der Waals surface area contributed by atoms with Gasteiger partial charge < -0.3 is 11.1 Å². The van der Waals surface area contributed by atoms with Gasteiger partial charge in [0.1, 0.15) is 16.8 Å². The van der Waals surface area contributed by atoms with Gasteiger partial charge in [-0.1, -0.05) is 18.3 Å². The van der Waals surface area contributed by atoms with Crippen molar-refractivity contribution in [2.24, 2.45) is 5.73 Å². The first-order valence-corrected chi connectivity index (χ1v) is 8.10. The summed E-state index contributed by atoms with van der Waals surface area (Å²) in [5.41, 5.74) is 5.04. The highest BCUT2D eigenvalue weighted by Crippen LogP contribution is 2.20. The molecule has 1 unspecified atom stereocenters. The van der Waals surface area contributed by atoms with Crippen molar-refractivity contribution in [1.82, 2.24) is 10.0 Å². The van der Waals surface area contributed by atoms with Crippen LogP contribution < -0.4 is 15.8 Å². The van der Waals surface area contributed by atoms with Gasteiger partial charge in [0.2, 0.25) is 15.9 Å². The fraction of sp³-hybridized carbons (Fsp3) is 0.333. The smallest absolute Gasteiger partial charge is 0.242 e. The number of thiocarbonyl (C=S) groups is 1. The van der Waals surface area contributed by atoms with Crippen LogP contribution in [0, 0.1) is 5.82 Å². The van der Waals surface area contributed by atoms with Crippen LogP contribution in [0.1, 0.15) is 18.4 Å². The molecule has 1 aliphatic heterocycles. The number of carbonyl (C=O) groups is 1. The van der Waals surface area contributed by atoms with E-state index in [4.69, 9.17) is 18.0 Å². The van der Waals surface area contributed by atoms with Crippen LogP contribution in [0.25, 0.3) is 0 Å². The molecule has 6 nitrogen and oxygen atoms in total. The van der Waals surface area contributed by atoms with Crippen molar-refractivity contribution in [2.75, 3.05) is 6.54 Å². The van der Waals surface area contributed by atoms with Crippen LogP contribution in [0.2, 0.25) is 0 Å². The molecule has 0 aromatic heterocycles. The average Bonchev–Trinajstić information content (AvgIpc) is 2.40. The van der Waals surface area contributed by atoms with E-state index < -0.39 is 27.8 Å². The van der Waals surface area contributed by atoms with E-state index >= 15 is 0 Å². The molecule has 21 heavy (non-hydrogen) atoms. The molecular weight excluding hydrogens is 317 g/mol. The number of nitrogens with two attached hydrogens (primary N) is 1. The van der Waals surface area contributed by atoms with Gasteiger partial charge in [0, 0.05) is 6.54 Å². The molecule has 0 spiro atoms. The van der Waals surface area contributed by atoms with E-state index in [1.165, 1.54) is 12.1 Å². The van der Waals surface area contributed by atoms with Crippen LogP contribution in [0.4, 0.5) is 4.39 Å². The Morgan fingerprint density at radius 3 is 2.81 bits per heavy atom. The van der Waals surface area contributed by atoms with Crippen molar-refractivity contribution >= 4 is 33.1 Å². The molecule has 1 amide bonds. The number of halogens is 1. The Morgan fingerprint density at radius 1 is 1.48 bits per heavy atom. The maximum Gasteiger partial charge on any atom is 0.242 e. The predicted molar refractivity (Wildman–Crippen MR) is 78.6 cm³/mol. The minimum atomic E-state index is -4.11. The molecule has 1 aromatic carbocycles. The van der Waals surface area contributed by atoms with E-state index in [0.29, 0.717) is 19.4 Å². The van der Waals surface area contributed by atoms with Crippen molar-refractivity contribution in [2.45, 2.75) is 23.8 Å². The Hall–Kier alpha value is -1.58. The second-order valence-electron chi connectivity index (χ2n) is 4.58. The molecule has 1 aliphatic rings. The van der Waals surface area contributed by atoms with Crippen molar-refractivity contribution < 1.29 is 17.6 Å². The van der Waals surface area contributed by atoms with Gasteiger partial charge in [-0.05, 0) is 25.0 Å². The maximum atomic E-state index is 13.7. The van der Waals surface area contributed by atoms with Crippen molar-refractivity contribution in [3.8, 4) is 0 Å². The second kappa shape index (κ2) is 6.04. The molecular formula is C12H14FN3O3S2. The van der Waals surface area contributed by atoms with Crippen LogP contribution in [0.5, 0.6) is 0 Å². The summed E-state index contributed by atoms with van der Waals surface area (Å²) >= 11 is 4.70. The quantitative estimate of drug-likeness (QED) is 0.675. The summed E-state index contributed by atoms with van der Waals surface area (Å²) in [6, 6.07) is 2.62. The summed E-state index contributed by atoms with van der Waals surface area (Å²) in [7, 11) is -4.11. The zero-order chi connectivity index (χ0) is 15.6. The Morgan fingerprint density at radius 2 is 2.19 bits per heavy atom. The molecule has 1 fully saturated rings. The summed E-state index contributed by atoms with van der Waals surface area (Å²) in [4.78, 5) is 10.9. The number of benzene rings is 1. The molecule has 0 saturated carbocycles. The van der Waals surface area contributed by atoms with Gasteiger partial charge in [-0.3, -0.25) is 4.79 Å². The number of rotatable bonds is 4. The summed E-state index contributed by atoms with van der Waals surface area (Å²) < 4.78 is 40.7. The SMILES string of the molecule is NC(=S)c1c(F)cccc1S(=O)(=O)NC1CCCNC1=O. The summed E-state index contributed by atoms with van der Waals surface area (Å²) in [6.07, 6.45) is 1.03. The van der Waals surface area contributed by atoms with Gasteiger partial charge in [0.15, 0.2) is 0 Å². The van der Waals surface area contributed by atoms with Gasteiger partial charge in [-0.2, -0.15) is 4.72 Å². The van der Waals surface area contributed by atoms with Crippen LogP contribution >= 0.6 is 12.2 Å². The number of hydrogen-bond acceptors (Lipinski definition) is 4. The molecule has 1 heterocycles. The first-order chi connectivity index (χ1) is 9.83. The number of sulfonamides is 1. The summed E-state index contributed by atoms with van der Waals surface area (Å²) in [5.74, 6) is -1.23. The fourth-order valence-electron chi connectivity index (χ4n) is 2.10. The lowest BCUT2D eigenvalue weighted by Gasteiger charge is -2.23. The second-order valence-corrected chi connectivity index (χ2v) is 6.71. The third-order valence-electron chi connectivity index (χ3n) is 3.09. The monoisotopic (exact) mass is 331 g/mol. The van der Waals surface area contributed by atoms with Crippen LogP contribution in [0.15, 0.2) is 23.1 Å². The molecule has 2 rings (SSSR count). The molecule has 0 bridgehead atoms. The number of nitrogens with one attached hydrogen (secondary N) is 2. The minimum absolute atomic E-state index is 0.351. The van der Waals surface area contributed by atoms with E-state index in [9.17, 15) is 17.6 Å². The standard InChI is InChI=1S/C12H14FN3O3S2/c13-7-3-1-5-9(10(7)11(14)20)21(18,19)16-8-4-2-6-15-12(8)17/h1,3,5,8,16H,2,4,6H2,(H2,14,20)(H,15,17). The molecule has 1 saturated heterocycles. The maximum absolute atomic E-state index is 13.7. The highest BCUT2D eigenvalue weighted by Gasteiger charge is 2.30. The Bertz CT molecular complexity index is 691. The van der Waals surface area contributed by atoms with Gasteiger partial charge in [-0.15, -0.1) is 0 Å². The number of carbonyl (C=O) groups excluding carboxylic acids is 1. The fourth-order valence-corrected chi connectivity index (χ4v) is 3.84. The molecule has 1 atom stereocenters. The molecule has 9 heteroatoms. The highest BCUT2D eigenvalue weighted by molar-refractivity contribution is 7.89. The lowest BCUT2D eigenvalue weighted by atomic mass is 10.1. The topological polar surface area (TPSA) is 101 Å². The van der Waals surface area contributed by atoms with Crippen molar-refractivity contribution in [3.63, 3.8) is 0 Å². The lowest BCUT2D eigenvalue weighted by Crippen LogP contribution is -2.50. The Kier molecular flexibility index (Phi) is 4.55. The largest absolute Gasteiger partial charge is 0.389 e. The zero-order valence-corrected chi connectivity index (χ0v) is 12.6. The predicted octanol–water partition coefficient (Wildman–Crippen LogP) is 0.0168. The van der Waals surface area contributed by atoms with Gasteiger partial charge >= 0.3 is 0 Å². The zero-order valence-electron chi connectivity index (χ0n) is 10.9. The number of amides is 1. The van der Waals surface area contributed by atoms with E-state index in [1.807, 2.05) is 0 Å². The third-order valence-corrected chi connectivity index (χ3v) is 4.81. The number of piperidine rings is 1. The highest BCUT2D eigenvalue weighted by atomic mass is 32.2. The van der Waals surface area contributed by atoms with Crippen LogP contribution in [0.3, 0.4) is 0 Å². The van der Waals surface area contributed by atoms with Gasteiger partial charge in [-0.25, -0.2) is 12.8 Å². The Balaban J connectivity index is 2.38. The molecule has 114 valence electrons. The summed E-state index contributed by atoms with van der Waals surface area (Å²) in [5, 5.41) is 2.56. The Labute approximate surface area is 127 Å². The van der Waals surface area contributed by atoms with Gasteiger partial charge in [0.05, 0.1) is 10.5 Å². The number of hydrogen-bond donors (Lipinski definition) is 3. The van der Waals surface area contributed by atoms with E-state index in [-0.39, 0.29) is 15.4 Å². The van der Waals surface area contributed by atoms with E-state index in [1.54, 1.807) is 0 Å². The molecule has 0 radical (unpaired) electrons.